The molecule has 0 spiro atoms. The van der Waals surface area contributed by atoms with Crippen LogP contribution in [0.5, 0.6) is 0 Å². The van der Waals surface area contributed by atoms with Crippen molar-refractivity contribution in [1.29, 1.82) is 0 Å². The number of carbonyl (C=O) groups excluding carboxylic acids is 5. The molecule has 0 saturated heterocycles. The molecular formula is C16H26N4O8. The van der Waals surface area contributed by atoms with E-state index in [0.29, 0.717) is 0 Å². The van der Waals surface area contributed by atoms with Crippen LogP contribution in [-0.2, 0) is 33.5 Å². The largest absolute Gasteiger partial charge is 0.480 e. The lowest BCUT2D eigenvalue weighted by Gasteiger charge is -2.19. The van der Waals surface area contributed by atoms with Crippen LogP contribution in [0, 0.1) is 0 Å². The van der Waals surface area contributed by atoms with Gasteiger partial charge in [0.1, 0.15) is 18.7 Å². The van der Waals surface area contributed by atoms with Crippen LogP contribution in [0.15, 0.2) is 0 Å². The van der Waals surface area contributed by atoms with Gasteiger partial charge in [-0.25, -0.2) is 0 Å². The summed E-state index contributed by atoms with van der Waals surface area (Å²) in [7, 11) is 0. The molecule has 28 heavy (non-hydrogen) atoms. The molecule has 0 radical (unpaired) electrons. The van der Waals surface area contributed by atoms with Crippen LogP contribution in [-0.4, -0.2) is 72.5 Å². The van der Waals surface area contributed by atoms with Crippen molar-refractivity contribution in [2.24, 2.45) is 0 Å². The Morgan fingerprint density at radius 3 is 1.46 bits per heavy atom. The summed E-state index contributed by atoms with van der Waals surface area (Å²) >= 11 is 0. The van der Waals surface area contributed by atoms with E-state index in [1.54, 1.807) is 20.8 Å². The third kappa shape index (κ3) is 15.1. The molecule has 0 aliphatic rings. The molecule has 0 aliphatic heterocycles. The third-order valence-electron chi connectivity index (χ3n) is 2.76. The topological polar surface area (TPSA) is 180 Å². The van der Waals surface area contributed by atoms with Crippen LogP contribution >= 0.6 is 0 Å². The van der Waals surface area contributed by atoms with Gasteiger partial charge in [-0.15, -0.1) is 0 Å². The fourth-order valence-electron chi connectivity index (χ4n) is 1.61. The van der Waals surface area contributed by atoms with Crippen molar-refractivity contribution in [1.82, 2.24) is 21.3 Å². The summed E-state index contributed by atoms with van der Waals surface area (Å²) in [5.74, 6) is -4.27. The number of hydrogen-bond acceptors (Lipinski definition) is 7. The molecule has 5 N–H and O–H groups in total. The number of nitrogens with one attached hydrogen (secondary N) is 4. The van der Waals surface area contributed by atoms with Crippen LogP contribution in [0.1, 0.15) is 33.6 Å². The molecule has 0 heterocycles. The van der Waals surface area contributed by atoms with Crippen molar-refractivity contribution in [2.75, 3.05) is 26.2 Å². The Hall–Kier alpha value is -3.18. The van der Waals surface area contributed by atoms with E-state index >= 15 is 0 Å². The van der Waals surface area contributed by atoms with Crippen LogP contribution in [0.3, 0.4) is 0 Å². The molecule has 12 heteroatoms. The third-order valence-corrected chi connectivity index (χ3v) is 2.76. The normalized spacial score (nSPS) is 10.4. The standard InChI is InChI=1S/C16H26N4O8/c1-16(2,3)28-15(27)9-20-13(24)7-18-11(22)5-4-10(21)17-6-12(23)19-8-14(25)26/h4-9H2,1-3H3,(H,17,21)(H,18,22)(H,19,23)(H,20,24)(H,25,26). The predicted molar refractivity (Wildman–Crippen MR) is 94.8 cm³/mol. The Kier molecular flexibility index (Phi) is 10.9. The highest BCUT2D eigenvalue weighted by Crippen LogP contribution is 2.06. The zero-order valence-electron chi connectivity index (χ0n) is 16.0. The first kappa shape index (κ1) is 24.8. The lowest BCUT2D eigenvalue weighted by atomic mass is 10.2. The maximum absolute atomic E-state index is 11.6. The summed E-state index contributed by atoms with van der Waals surface area (Å²) < 4.78 is 5.00. The van der Waals surface area contributed by atoms with Crippen molar-refractivity contribution in [3.8, 4) is 0 Å². The highest BCUT2D eigenvalue weighted by Gasteiger charge is 2.17. The Morgan fingerprint density at radius 1 is 0.679 bits per heavy atom. The molecule has 0 rings (SSSR count). The average Bonchev–Trinajstić information content (AvgIpc) is 2.57. The first-order valence-corrected chi connectivity index (χ1v) is 8.39. The number of carbonyl (C=O) groups is 6. The maximum Gasteiger partial charge on any atom is 0.325 e. The minimum Gasteiger partial charge on any atom is -0.480 e. The van der Waals surface area contributed by atoms with E-state index in [9.17, 15) is 28.8 Å². The molecule has 0 aromatic carbocycles. The van der Waals surface area contributed by atoms with Crippen LogP contribution in [0.2, 0.25) is 0 Å². The summed E-state index contributed by atoms with van der Waals surface area (Å²) in [5.41, 5.74) is -0.673. The number of aliphatic carboxylic acids is 1. The zero-order valence-corrected chi connectivity index (χ0v) is 16.0. The van der Waals surface area contributed by atoms with Gasteiger partial charge in [0.25, 0.3) is 0 Å². The molecule has 4 amide bonds. The average molecular weight is 402 g/mol. The second-order valence-corrected chi connectivity index (χ2v) is 6.59. The van der Waals surface area contributed by atoms with E-state index in [0.717, 1.165) is 0 Å². The van der Waals surface area contributed by atoms with Gasteiger partial charge in [0, 0.05) is 12.8 Å². The Balaban J connectivity index is 3.90. The summed E-state index contributed by atoms with van der Waals surface area (Å²) in [6.45, 7) is 3.37. The van der Waals surface area contributed by atoms with Gasteiger partial charge in [-0.1, -0.05) is 0 Å². The molecule has 0 bridgehead atoms. The lowest BCUT2D eigenvalue weighted by Crippen LogP contribution is -2.41. The highest BCUT2D eigenvalue weighted by molar-refractivity contribution is 5.90. The first-order chi connectivity index (χ1) is 12.9. The Bertz CT molecular complexity index is 612. The second kappa shape index (κ2) is 12.3. The maximum atomic E-state index is 11.6. The van der Waals surface area contributed by atoms with E-state index in [2.05, 4.69) is 21.3 Å². The van der Waals surface area contributed by atoms with Gasteiger partial charge in [-0.2, -0.15) is 0 Å². The van der Waals surface area contributed by atoms with Crippen LogP contribution in [0.25, 0.3) is 0 Å². The van der Waals surface area contributed by atoms with Crippen molar-refractivity contribution in [3.63, 3.8) is 0 Å². The number of carboxylic acids is 1. The smallest absolute Gasteiger partial charge is 0.325 e. The fourth-order valence-corrected chi connectivity index (χ4v) is 1.61. The molecule has 0 aliphatic carbocycles. The summed E-state index contributed by atoms with van der Waals surface area (Å²) in [4.78, 5) is 67.5. The van der Waals surface area contributed by atoms with E-state index in [1.807, 2.05) is 0 Å². The fraction of sp³-hybridized carbons (Fsp3) is 0.625. The summed E-state index contributed by atoms with van der Waals surface area (Å²) in [6, 6.07) is 0. The van der Waals surface area contributed by atoms with Gasteiger partial charge in [-0.05, 0) is 20.8 Å². The van der Waals surface area contributed by atoms with Crippen LogP contribution in [0.4, 0.5) is 0 Å². The predicted octanol–water partition coefficient (Wildman–Crippen LogP) is -2.34. The second-order valence-electron chi connectivity index (χ2n) is 6.59. The minimum atomic E-state index is -1.22. The summed E-state index contributed by atoms with van der Waals surface area (Å²) in [5, 5.41) is 17.2. The SMILES string of the molecule is CC(C)(C)OC(=O)CNC(=O)CNC(=O)CCC(=O)NCC(=O)NCC(=O)O. The number of esters is 1. The molecule has 12 nitrogen and oxygen atoms in total. The number of carboxylic acid groups (broad SMARTS) is 1. The van der Waals surface area contributed by atoms with Gasteiger partial charge in [0.15, 0.2) is 0 Å². The van der Waals surface area contributed by atoms with Gasteiger partial charge in [0.2, 0.25) is 23.6 Å². The first-order valence-electron chi connectivity index (χ1n) is 8.39. The molecule has 0 atom stereocenters. The van der Waals surface area contributed by atoms with E-state index in [-0.39, 0.29) is 25.9 Å². The number of ether oxygens (including phenoxy) is 1. The molecule has 0 aromatic heterocycles. The zero-order chi connectivity index (χ0) is 21.7. The van der Waals surface area contributed by atoms with E-state index < -0.39 is 54.3 Å². The number of rotatable bonds is 11. The highest BCUT2D eigenvalue weighted by atomic mass is 16.6. The van der Waals surface area contributed by atoms with Gasteiger partial charge < -0.3 is 31.1 Å². The molecule has 0 fully saturated rings. The Morgan fingerprint density at radius 2 is 1.07 bits per heavy atom. The van der Waals surface area contributed by atoms with E-state index in [1.165, 1.54) is 0 Å². The van der Waals surface area contributed by atoms with Gasteiger partial charge >= 0.3 is 11.9 Å². The molecular weight excluding hydrogens is 376 g/mol. The van der Waals surface area contributed by atoms with Crippen molar-refractivity contribution in [3.05, 3.63) is 0 Å². The van der Waals surface area contributed by atoms with Crippen LogP contribution < -0.4 is 21.3 Å². The number of amides is 4. The molecule has 158 valence electrons. The molecule has 0 saturated carbocycles. The molecule has 0 aromatic rings. The molecule has 0 unspecified atom stereocenters. The number of hydrogen-bond donors (Lipinski definition) is 5. The Labute approximate surface area is 161 Å². The van der Waals surface area contributed by atoms with Gasteiger partial charge in [0.05, 0.1) is 13.1 Å². The monoisotopic (exact) mass is 402 g/mol. The van der Waals surface area contributed by atoms with Gasteiger partial charge in [-0.3, -0.25) is 28.8 Å². The summed E-state index contributed by atoms with van der Waals surface area (Å²) in [6.07, 6.45) is -0.445. The van der Waals surface area contributed by atoms with Crippen molar-refractivity contribution < 1.29 is 38.6 Å². The van der Waals surface area contributed by atoms with Crippen molar-refractivity contribution >= 4 is 35.6 Å². The van der Waals surface area contributed by atoms with Crippen molar-refractivity contribution in [2.45, 2.75) is 39.2 Å². The minimum absolute atomic E-state index is 0.220. The lowest BCUT2D eigenvalue weighted by molar-refractivity contribution is -0.154. The quantitative estimate of drug-likeness (QED) is 0.238. The van der Waals surface area contributed by atoms with E-state index in [4.69, 9.17) is 9.84 Å².